The molecule has 0 aliphatic carbocycles. The van der Waals surface area contributed by atoms with Crippen molar-refractivity contribution in [3.63, 3.8) is 0 Å². The molecule has 5 nitrogen and oxygen atoms in total. The second kappa shape index (κ2) is 6.45. The third-order valence-corrected chi connectivity index (χ3v) is 4.96. The average molecular weight is 377 g/mol. The standard InChI is InChI=1S/C17H21BrN4O/c1-11-7-13(9-19)10-21(11)17(23)16-8-12(2)22(20-16)15-5-3-14(18)4-6-15/h3-6,8,11,13H,7,9-10,19H2,1-2H3. The Morgan fingerprint density at radius 2 is 2.09 bits per heavy atom. The summed E-state index contributed by atoms with van der Waals surface area (Å²) in [5, 5.41) is 4.52. The summed E-state index contributed by atoms with van der Waals surface area (Å²) in [5.41, 5.74) is 8.13. The molecule has 2 atom stereocenters. The molecule has 0 saturated carbocycles. The monoisotopic (exact) mass is 376 g/mol. The predicted octanol–water partition coefficient (Wildman–Crippen LogP) is 2.75. The van der Waals surface area contributed by atoms with Gasteiger partial charge in [-0.1, -0.05) is 15.9 Å². The Balaban J connectivity index is 1.86. The summed E-state index contributed by atoms with van der Waals surface area (Å²) in [7, 11) is 0. The van der Waals surface area contributed by atoms with E-state index in [9.17, 15) is 4.79 Å². The Bertz CT molecular complexity index is 710. The van der Waals surface area contributed by atoms with Crippen LogP contribution in [0.25, 0.3) is 5.69 Å². The molecule has 2 N–H and O–H groups in total. The van der Waals surface area contributed by atoms with Crippen molar-refractivity contribution in [1.29, 1.82) is 0 Å². The number of rotatable bonds is 3. The average Bonchev–Trinajstić information content (AvgIpc) is 3.10. The van der Waals surface area contributed by atoms with Crippen molar-refractivity contribution < 1.29 is 4.79 Å². The van der Waals surface area contributed by atoms with E-state index in [1.165, 1.54) is 0 Å². The number of carbonyl (C=O) groups excluding carboxylic acids is 1. The molecule has 6 heteroatoms. The van der Waals surface area contributed by atoms with Gasteiger partial charge in [0.25, 0.3) is 5.91 Å². The first-order chi connectivity index (χ1) is 11.0. The van der Waals surface area contributed by atoms with Gasteiger partial charge in [0.1, 0.15) is 0 Å². The Morgan fingerprint density at radius 1 is 1.39 bits per heavy atom. The van der Waals surface area contributed by atoms with Crippen molar-refractivity contribution in [2.75, 3.05) is 13.1 Å². The number of carbonyl (C=O) groups is 1. The van der Waals surface area contributed by atoms with E-state index >= 15 is 0 Å². The highest BCUT2D eigenvalue weighted by atomic mass is 79.9. The molecule has 0 spiro atoms. The number of likely N-dealkylation sites (tertiary alicyclic amines) is 1. The summed E-state index contributed by atoms with van der Waals surface area (Å²) in [6.45, 7) is 5.38. The van der Waals surface area contributed by atoms with Crippen LogP contribution in [0, 0.1) is 12.8 Å². The molecule has 0 radical (unpaired) electrons. The molecule has 2 aromatic rings. The third kappa shape index (κ3) is 3.19. The summed E-state index contributed by atoms with van der Waals surface area (Å²) in [5.74, 6) is 0.385. The summed E-state index contributed by atoms with van der Waals surface area (Å²) < 4.78 is 2.82. The molecule has 122 valence electrons. The molecule has 2 heterocycles. The molecule has 1 fully saturated rings. The van der Waals surface area contributed by atoms with Crippen LogP contribution < -0.4 is 5.73 Å². The van der Waals surface area contributed by atoms with Crippen molar-refractivity contribution in [3.8, 4) is 5.69 Å². The quantitative estimate of drug-likeness (QED) is 0.895. The minimum atomic E-state index is -0.00703. The van der Waals surface area contributed by atoms with Gasteiger partial charge in [0.05, 0.1) is 5.69 Å². The normalized spacial score (nSPS) is 21.0. The first kappa shape index (κ1) is 16.2. The highest BCUT2D eigenvalue weighted by Crippen LogP contribution is 2.24. The minimum absolute atomic E-state index is 0.00703. The van der Waals surface area contributed by atoms with Crippen LogP contribution in [0.3, 0.4) is 0 Å². The first-order valence-electron chi connectivity index (χ1n) is 7.83. The van der Waals surface area contributed by atoms with E-state index in [1.54, 1.807) is 4.68 Å². The Hall–Kier alpha value is -1.66. The summed E-state index contributed by atoms with van der Waals surface area (Å²) in [6.07, 6.45) is 0.967. The van der Waals surface area contributed by atoms with E-state index in [0.29, 0.717) is 18.2 Å². The fourth-order valence-electron chi connectivity index (χ4n) is 3.17. The zero-order valence-corrected chi connectivity index (χ0v) is 15.0. The van der Waals surface area contributed by atoms with Crippen LogP contribution >= 0.6 is 15.9 Å². The van der Waals surface area contributed by atoms with Gasteiger partial charge in [-0.3, -0.25) is 4.79 Å². The number of hydrogen-bond donors (Lipinski definition) is 1. The van der Waals surface area contributed by atoms with E-state index in [2.05, 4.69) is 28.0 Å². The van der Waals surface area contributed by atoms with Gasteiger partial charge in [0, 0.05) is 22.8 Å². The van der Waals surface area contributed by atoms with Crippen molar-refractivity contribution in [2.45, 2.75) is 26.3 Å². The summed E-state index contributed by atoms with van der Waals surface area (Å²) in [6, 6.07) is 9.95. The number of amides is 1. The molecular weight excluding hydrogens is 356 g/mol. The second-order valence-corrected chi connectivity index (χ2v) is 7.12. The topological polar surface area (TPSA) is 64.2 Å². The lowest BCUT2D eigenvalue weighted by Gasteiger charge is -2.20. The van der Waals surface area contributed by atoms with Gasteiger partial charge in [-0.2, -0.15) is 5.10 Å². The number of halogens is 1. The molecule has 1 aromatic carbocycles. The smallest absolute Gasteiger partial charge is 0.274 e. The fourth-order valence-corrected chi connectivity index (χ4v) is 3.43. The van der Waals surface area contributed by atoms with Crippen molar-refractivity contribution in [2.24, 2.45) is 11.7 Å². The fraction of sp³-hybridized carbons (Fsp3) is 0.412. The molecule has 1 aliphatic rings. The first-order valence-corrected chi connectivity index (χ1v) is 8.62. The van der Waals surface area contributed by atoms with Gasteiger partial charge >= 0.3 is 0 Å². The zero-order chi connectivity index (χ0) is 16.6. The number of nitrogens with two attached hydrogens (primary N) is 1. The van der Waals surface area contributed by atoms with Crippen LogP contribution in [-0.2, 0) is 0 Å². The predicted molar refractivity (Wildman–Crippen MR) is 93.7 cm³/mol. The minimum Gasteiger partial charge on any atom is -0.334 e. The van der Waals surface area contributed by atoms with Crippen LogP contribution in [0.5, 0.6) is 0 Å². The molecule has 1 amide bonds. The van der Waals surface area contributed by atoms with E-state index in [1.807, 2.05) is 42.2 Å². The second-order valence-electron chi connectivity index (χ2n) is 6.20. The molecule has 1 aromatic heterocycles. The van der Waals surface area contributed by atoms with Gasteiger partial charge in [-0.25, -0.2) is 4.68 Å². The van der Waals surface area contributed by atoms with E-state index in [-0.39, 0.29) is 11.9 Å². The molecule has 1 saturated heterocycles. The summed E-state index contributed by atoms with van der Waals surface area (Å²) >= 11 is 3.43. The van der Waals surface area contributed by atoms with Crippen LogP contribution in [0.15, 0.2) is 34.8 Å². The molecule has 3 rings (SSSR count). The lowest BCUT2D eigenvalue weighted by atomic mass is 10.1. The number of nitrogens with zero attached hydrogens (tertiary/aromatic N) is 3. The Morgan fingerprint density at radius 3 is 2.70 bits per heavy atom. The summed E-state index contributed by atoms with van der Waals surface area (Å²) in [4.78, 5) is 14.7. The van der Waals surface area contributed by atoms with Gasteiger partial charge in [-0.05, 0) is 63.1 Å². The zero-order valence-electron chi connectivity index (χ0n) is 13.4. The maximum atomic E-state index is 12.8. The lowest BCUT2D eigenvalue weighted by molar-refractivity contribution is 0.0737. The van der Waals surface area contributed by atoms with Crippen LogP contribution in [0.1, 0.15) is 29.5 Å². The van der Waals surface area contributed by atoms with E-state index in [0.717, 1.165) is 28.8 Å². The molecule has 0 bridgehead atoms. The maximum absolute atomic E-state index is 12.8. The SMILES string of the molecule is Cc1cc(C(=O)N2CC(CN)CC2C)nn1-c1ccc(Br)cc1. The van der Waals surface area contributed by atoms with E-state index < -0.39 is 0 Å². The van der Waals surface area contributed by atoms with Crippen molar-refractivity contribution in [3.05, 3.63) is 46.2 Å². The highest BCUT2D eigenvalue weighted by Gasteiger charge is 2.33. The largest absolute Gasteiger partial charge is 0.334 e. The lowest BCUT2D eigenvalue weighted by Crippen LogP contribution is -2.34. The van der Waals surface area contributed by atoms with Gasteiger partial charge in [0.15, 0.2) is 5.69 Å². The number of benzene rings is 1. The van der Waals surface area contributed by atoms with Crippen molar-refractivity contribution >= 4 is 21.8 Å². The Labute approximate surface area is 144 Å². The van der Waals surface area contributed by atoms with Gasteiger partial charge in [0.2, 0.25) is 0 Å². The van der Waals surface area contributed by atoms with Gasteiger partial charge < -0.3 is 10.6 Å². The van der Waals surface area contributed by atoms with Gasteiger partial charge in [-0.15, -0.1) is 0 Å². The number of aryl methyl sites for hydroxylation is 1. The molecular formula is C17H21BrN4O. The number of aromatic nitrogens is 2. The van der Waals surface area contributed by atoms with Crippen LogP contribution in [-0.4, -0.2) is 39.7 Å². The van der Waals surface area contributed by atoms with Crippen LogP contribution in [0.4, 0.5) is 0 Å². The third-order valence-electron chi connectivity index (χ3n) is 4.43. The van der Waals surface area contributed by atoms with Crippen molar-refractivity contribution in [1.82, 2.24) is 14.7 Å². The number of hydrogen-bond acceptors (Lipinski definition) is 3. The molecule has 23 heavy (non-hydrogen) atoms. The molecule has 2 unspecified atom stereocenters. The van der Waals surface area contributed by atoms with Crippen LogP contribution in [0.2, 0.25) is 0 Å². The Kier molecular flexibility index (Phi) is 4.55. The van der Waals surface area contributed by atoms with E-state index in [4.69, 9.17) is 5.73 Å². The highest BCUT2D eigenvalue weighted by molar-refractivity contribution is 9.10. The maximum Gasteiger partial charge on any atom is 0.274 e. The molecule has 1 aliphatic heterocycles.